The quantitative estimate of drug-likeness (QED) is 0.301. The molecule has 0 spiro atoms. The maximum Gasteiger partial charge on any atom is 0.0194 e. The summed E-state index contributed by atoms with van der Waals surface area (Å²) in [5.74, 6) is 0. The lowest BCUT2D eigenvalue weighted by Crippen LogP contribution is -2.52. The lowest BCUT2D eigenvalue weighted by atomic mass is 9.41. The second-order valence-electron chi connectivity index (χ2n) is 18.2. The molecule has 0 aromatic heterocycles. The zero-order valence-corrected chi connectivity index (χ0v) is 30.6. The Kier molecular flexibility index (Phi) is 8.70. The second kappa shape index (κ2) is 11.1. The van der Waals surface area contributed by atoms with Crippen molar-refractivity contribution in [3.8, 4) is 0 Å². The maximum absolute atomic E-state index is 4.99. The van der Waals surface area contributed by atoms with Gasteiger partial charge in [-0.05, 0) is 157 Å². The maximum atomic E-state index is 4.99. The predicted molar refractivity (Wildman–Crippen MR) is 192 cm³/mol. The number of hydrogen-bond acceptors (Lipinski definition) is 0. The molecule has 0 nitrogen and oxygen atoms in total. The van der Waals surface area contributed by atoms with Crippen LogP contribution in [0.15, 0.2) is 59.2 Å². The molecule has 1 aromatic rings. The van der Waals surface area contributed by atoms with Crippen LogP contribution >= 0.6 is 0 Å². The van der Waals surface area contributed by atoms with E-state index in [1.807, 2.05) is 0 Å². The number of hydrogen-bond donors (Lipinski definition) is 0. The Balaban J connectivity index is 1.90. The first-order chi connectivity index (χ1) is 19.6. The van der Waals surface area contributed by atoms with Gasteiger partial charge in [-0.15, -0.1) is 0 Å². The Morgan fingerprint density at radius 2 is 1.37 bits per heavy atom. The fraction of sp³-hybridized carbons (Fsp3) is 0.628. The summed E-state index contributed by atoms with van der Waals surface area (Å²) in [7, 11) is 0. The van der Waals surface area contributed by atoms with E-state index in [4.69, 9.17) is 13.2 Å². The average Bonchev–Trinajstić information content (AvgIpc) is 2.81. The highest BCUT2D eigenvalue weighted by atomic mass is 14.6. The van der Waals surface area contributed by atoms with Crippen LogP contribution in [-0.2, 0) is 19.3 Å². The Morgan fingerprint density at radius 1 is 0.837 bits per heavy atom. The average molecular weight is 581 g/mol. The van der Waals surface area contributed by atoms with Gasteiger partial charge in [0.05, 0.1) is 0 Å². The monoisotopic (exact) mass is 581 g/mol. The first-order valence-corrected chi connectivity index (χ1v) is 17.2. The molecule has 0 radical (unpaired) electrons. The molecule has 236 valence electrons. The van der Waals surface area contributed by atoms with Crippen LogP contribution in [0.1, 0.15) is 149 Å². The Morgan fingerprint density at radius 3 is 1.88 bits per heavy atom. The first kappa shape index (κ1) is 33.8. The van der Waals surface area contributed by atoms with E-state index in [2.05, 4.69) is 103 Å². The molecule has 3 aliphatic carbocycles. The minimum Gasteiger partial charge on any atom is -0.0955 e. The minimum absolute atomic E-state index is 0.0721. The van der Waals surface area contributed by atoms with E-state index >= 15 is 0 Å². The van der Waals surface area contributed by atoms with Gasteiger partial charge in [-0.2, -0.15) is 0 Å². The molecule has 0 aliphatic heterocycles. The van der Waals surface area contributed by atoms with Gasteiger partial charge in [0.1, 0.15) is 0 Å². The van der Waals surface area contributed by atoms with Crippen LogP contribution in [0.4, 0.5) is 0 Å². The van der Waals surface area contributed by atoms with Gasteiger partial charge in [0.2, 0.25) is 0 Å². The molecule has 4 rings (SSSR count). The van der Waals surface area contributed by atoms with E-state index in [1.165, 1.54) is 76.7 Å². The van der Waals surface area contributed by atoms with Crippen molar-refractivity contribution in [2.75, 3.05) is 0 Å². The van der Waals surface area contributed by atoms with Gasteiger partial charge >= 0.3 is 0 Å². The molecule has 3 aliphatic rings. The van der Waals surface area contributed by atoms with Gasteiger partial charge in [0.25, 0.3) is 0 Å². The number of fused-ring (bicyclic) bond motifs is 3. The normalized spacial score (nSPS) is 27.7. The van der Waals surface area contributed by atoms with E-state index in [9.17, 15) is 0 Å². The molecular formula is C43H64. The molecule has 3 atom stereocenters. The fourth-order valence-electron chi connectivity index (χ4n) is 9.84. The molecule has 0 saturated heterocycles. The summed E-state index contributed by atoms with van der Waals surface area (Å²) in [5, 5.41) is 0. The van der Waals surface area contributed by atoms with E-state index in [0.29, 0.717) is 10.8 Å². The molecule has 0 heteroatoms. The van der Waals surface area contributed by atoms with Crippen molar-refractivity contribution in [3.05, 3.63) is 87.1 Å². The smallest absolute Gasteiger partial charge is 0.0194 e. The van der Waals surface area contributed by atoms with Crippen molar-refractivity contribution in [1.82, 2.24) is 0 Å². The van der Waals surface area contributed by atoms with Crippen molar-refractivity contribution < 1.29 is 0 Å². The van der Waals surface area contributed by atoms with Gasteiger partial charge in [0, 0.05) is 5.41 Å². The molecule has 1 aromatic carbocycles. The third-order valence-electron chi connectivity index (χ3n) is 11.9. The number of rotatable bonds is 7. The minimum atomic E-state index is -0.107. The number of benzene rings is 1. The van der Waals surface area contributed by atoms with Gasteiger partial charge in [-0.3, -0.25) is 0 Å². The molecule has 0 saturated carbocycles. The molecule has 0 unspecified atom stereocenters. The van der Waals surface area contributed by atoms with E-state index in [1.54, 1.807) is 16.7 Å². The Labute approximate surface area is 266 Å². The number of allylic oxidation sites excluding steroid dienone is 7. The van der Waals surface area contributed by atoms with Crippen LogP contribution in [0.5, 0.6) is 0 Å². The van der Waals surface area contributed by atoms with Crippen LogP contribution in [-0.4, -0.2) is 0 Å². The third kappa shape index (κ3) is 5.87. The van der Waals surface area contributed by atoms with Crippen LogP contribution < -0.4 is 0 Å². The standard InChI is InChI=1S/C43H64/c1-27(2)36-28(3)24-42(15)26-41(14)25-35-34(20-18-22-40(11,12)13)23-33(19-17-21-39(8,9)10)29(4)37(35)30(5)38(41)32(7)43(42,16)31(36)6/h23H,1,5-6,17-22,24-26H2,2-4,7-16H3/t41-,42+,43-/m1/s1. The van der Waals surface area contributed by atoms with Crippen molar-refractivity contribution >= 4 is 5.57 Å². The Hall–Kier alpha value is -2.08. The highest BCUT2D eigenvalue weighted by molar-refractivity contribution is 5.87. The zero-order valence-electron chi connectivity index (χ0n) is 30.6. The van der Waals surface area contributed by atoms with E-state index in [0.717, 1.165) is 31.3 Å². The first-order valence-electron chi connectivity index (χ1n) is 17.2. The molecule has 0 bridgehead atoms. The fourth-order valence-corrected chi connectivity index (χ4v) is 9.84. The largest absolute Gasteiger partial charge is 0.0955 e. The molecule has 0 heterocycles. The van der Waals surface area contributed by atoms with E-state index in [-0.39, 0.29) is 16.2 Å². The molecule has 0 amide bonds. The summed E-state index contributed by atoms with van der Waals surface area (Å²) in [6, 6.07) is 2.63. The summed E-state index contributed by atoms with van der Waals surface area (Å²) >= 11 is 0. The molecule has 0 N–H and O–H groups in total. The SMILES string of the molecule is C=C(C)C1=C(C)C[C@@]2(C)C[C@@]3(C)Cc4c(CCCC(C)(C)C)cc(CCCC(C)(C)C)c(C)c4C(=C)C3=C(C)[C@@]2(C)C1=C. The second-order valence-corrected chi connectivity index (χ2v) is 18.2. The summed E-state index contributed by atoms with van der Waals surface area (Å²) < 4.78 is 0. The third-order valence-corrected chi connectivity index (χ3v) is 11.9. The Bertz CT molecular complexity index is 1420. The van der Waals surface area contributed by atoms with Gasteiger partial charge in [0.15, 0.2) is 0 Å². The van der Waals surface area contributed by atoms with Crippen molar-refractivity contribution in [2.24, 2.45) is 27.1 Å². The summed E-state index contributed by atoms with van der Waals surface area (Å²) in [6.07, 6.45) is 10.7. The lowest BCUT2D eigenvalue weighted by molar-refractivity contribution is 0.0543. The molecule has 0 fully saturated rings. The lowest BCUT2D eigenvalue weighted by Gasteiger charge is -2.62. The summed E-state index contributed by atoms with van der Waals surface area (Å²) in [5.41, 5.74) is 18.1. The highest BCUT2D eigenvalue weighted by Gasteiger charge is 2.59. The van der Waals surface area contributed by atoms with E-state index < -0.39 is 0 Å². The molecule has 43 heavy (non-hydrogen) atoms. The van der Waals surface area contributed by atoms with Crippen LogP contribution in [0.25, 0.3) is 5.57 Å². The zero-order chi connectivity index (χ0) is 32.5. The van der Waals surface area contributed by atoms with Crippen molar-refractivity contribution in [3.63, 3.8) is 0 Å². The highest BCUT2D eigenvalue weighted by Crippen LogP contribution is 2.70. The van der Waals surface area contributed by atoms with Crippen LogP contribution in [0.2, 0.25) is 0 Å². The summed E-state index contributed by atoms with van der Waals surface area (Å²) in [4.78, 5) is 0. The topological polar surface area (TPSA) is 0 Å². The van der Waals surface area contributed by atoms with Gasteiger partial charge in [-0.1, -0.05) is 105 Å². The molecular weight excluding hydrogens is 516 g/mol. The van der Waals surface area contributed by atoms with Crippen molar-refractivity contribution in [2.45, 2.75) is 148 Å². The summed E-state index contributed by atoms with van der Waals surface area (Å²) in [6.45, 7) is 45.4. The van der Waals surface area contributed by atoms with Crippen molar-refractivity contribution in [1.29, 1.82) is 0 Å². The van der Waals surface area contributed by atoms with Gasteiger partial charge < -0.3 is 0 Å². The van der Waals surface area contributed by atoms with Crippen LogP contribution in [0.3, 0.4) is 0 Å². The van der Waals surface area contributed by atoms with Gasteiger partial charge in [-0.25, -0.2) is 0 Å². The number of aryl methyl sites for hydroxylation is 2. The predicted octanol–water partition coefficient (Wildman–Crippen LogP) is 12.9. The van der Waals surface area contributed by atoms with Crippen LogP contribution in [0, 0.1) is 34.0 Å².